The first-order valence-corrected chi connectivity index (χ1v) is 7.29. The fourth-order valence-corrected chi connectivity index (χ4v) is 2.51. The first kappa shape index (κ1) is 14.3. The van der Waals surface area contributed by atoms with Crippen molar-refractivity contribution in [1.29, 1.82) is 5.41 Å². The largest absolute Gasteiger partial charge is 0.384 e. The third-order valence-corrected chi connectivity index (χ3v) is 3.87. The molecule has 4 heteroatoms. The smallest absolute Gasteiger partial charge is 0.122 e. The second-order valence-electron chi connectivity index (χ2n) is 6.53. The van der Waals surface area contributed by atoms with Crippen LogP contribution in [0.1, 0.15) is 31.9 Å². The van der Waals surface area contributed by atoms with Crippen LogP contribution in [0, 0.1) is 5.41 Å². The van der Waals surface area contributed by atoms with Crippen LogP contribution in [0.3, 0.4) is 0 Å². The van der Waals surface area contributed by atoms with Gasteiger partial charge in [-0.3, -0.25) is 9.98 Å². The van der Waals surface area contributed by atoms with Crippen LogP contribution in [-0.4, -0.2) is 15.4 Å². The minimum absolute atomic E-state index is 0.0611. The number of nitrogens with zero attached hydrogens (tertiary/aromatic N) is 2. The molecule has 3 aromatic rings. The Kier molecular flexibility index (Phi) is 3.24. The van der Waals surface area contributed by atoms with E-state index in [0.717, 1.165) is 16.7 Å². The van der Waals surface area contributed by atoms with Crippen molar-refractivity contribution in [2.75, 3.05) is 0 Å². The van der Waals surface area contributed by atoms with Crippen molar-refractivity contribution >= 4 is 16.9 Å². The quantitative estimate of drug-likeness (QED) is 0.559. The summed E-state index contributed by atoms with van der Waals surface area (Å²) in [7, 11) is 0. The molecule has 3 rings (SSSR count). The molecular formula is C18H20N4. The molecule has 0 amide bonds. The van der Waals surface area contributed by atoms with Crippen LogP contribution < -0.4 is 5.73 Å². The number of hydrogen-bond donors (Lipinski definition) is 2. The second kappa shape index (κ2) is 4.98. The van der Waals surface area contributed by atoms with Crippen molar-refractivity contribution in [1.82, 2.24) is 9.55 Å². The van der Waals surface area contributed by atoms with Gasteiger partial charge < -0.3 is 5.73 Å². The van der Waals surface area contributed by atoms with Crippen molar-refractivity contribution < 1.29 is 0 Å². The van der Waals surface area contributed by atoms with Gasteiger partial charge in [-0.15, -0.1) is 0 Å². The normalized spacial score (nSPS) is 11.8. The van der Waals surface area contributed by atoms with Gasteiger partial charge in [-0.1, -0.05) is 32.9 Å². The molecule has 3 N–H and O–H groups in total. The number of amidine groups is 1. The highest BCUT2D eigenvalue weighted by molar-refractivity contribution is 5.98. The van der Waals surface area contributed by atoms with Crippen LogP contribution in [0.25, 0.3) is 16.7 Å². The molecule has 0 unspecified atom stereocenters. The summed E-state index contributed by atoms with van der Waals surface area (Å²) >= 11 is 0. The molecule has 0 bridgehead atoms. The lowest BCUT2D eigenvalue weighted by Crippen LogP contribution is -2.11. The number of aromatic nitrogens is 2. The van der Waals surface area contributed by atoms with Gasteiger partial charge in [0.25, 0.3) is 0 Å². The lowest BCUT2D eigenvalue weighted by Gasteiger charge is -2.19. The summed E-state index contributed by atoms with van der Waals surface area (Å²) < 4.78 is 2.05. The number of rotatable bonds is 2. The Morgan fingerprint density at radius 1 is 1.09 bits per heavy atom. The molecule has 1 heterocycles. The zero-order valence-electron chi connectivity index (χ0n) is 13.1. The Balaban J connectivity index is 2.05. The lowest BCUT2D eigenvalue weighted by atomic mass is 9.87. The van der Waals surface area contributed by atoms with Gasteiger partial charge in [-0.05, 0) is 41.3 Å². The van der Waals surface area contributed by atoms with E-state index >= 15 is 0 Å². The average Bonchev–Trinajstić information content (AvgIpc) is 2.89. The number of nitrogens with one attached hydrogen (secondary N) is 1. The number of nitrogen functional groups attached to an aromatic ring is 1. The minimum Gasteiger partial charge on any atom is -0.384 e. The first-order chi connectivity index (χ1) is 10.4. The highest BCUT2D eigenvalue weighted by atomic mass is 15.0. The number of nitrogens with two attached hydrogens (primary N) is 1. The zero-order valence-corrected chi connectivity index (χ0v) is 13.1. The molecule has 0 radical (unpaired) electrons. The second-order valence-corrected chi connectivity index (χ2v) is 6.53. The molecule has 0 fully saturated rings. The van der Waals surface area contributed by atoms with Crippen LogP contribution in [0.4, 0.5) is 0 Å². The van der Waals surface area contributed by atoms with E-state index in [-0.39, 0.29) is 11.3 Å². The SMILES string of the molecule is CC(C)(C)c1ccc(-n2cnc3cc(C(=N)N)ccc32)cc1. The highest BCUT2D eigenvalue weighted by Gasteiger charge is 2.13. The topological polar surface area (TPSA) is 67.7 Å². The van der Waals surface area contributed by atoms with Gasteiger partial charge in [0.2, 0.25) is 0 Å². The number of benzene rings is 2. The molecule has 0 aliphatic heterocycles. The Bertz CT molecular complexity index is 836. The molecule has 0 saturated heterocycles. The Morgan fingerprint density at radius 2 is 1.77 bits per heavy atom. The molecular weight excluding hydrogens is 272 g/mol. The monoisotopic (exact) mass is 292 g/mol. The van der Waals surface area contributed by atoms with Crippen LogP contribution in [-0.2, 0) is 5.41 Å². The lowest BCUT2D eigenvalue weighted by molar-refractivity contribution is 0.590. The summed E-state index contributed by atoms with van der Waals surface area (Å²) in [4.78, 5) is 4.42. The van der Waals surface area contributed by atoms with Crippen LogP contribution >= 0.6 is 0 Å². The zero-order chi connectivity index (χ0) is 15.9. The number of hydrogen-bond acceptors (Lipinski definition) is 2. The summed E-state index contributed by atoms with van der Waals surface area (Å²) in [6, 6.07) is 14.2. The molecule has 0 saturated carbocycles. The summed E-state index contributed by atoms with van der Waals surface area (Å²) in [6.45, 7) is 6.62. The van der Waals surface area contributed by atoms with Gasteiger partial charge in [-0.25, -0.2) is 4.98 Å². The van der Waals surface area contributed by atoms with E-state index in [1.54, 1.807) is 6.33 Å². The van der Waals surface area contributed by atoms with Gasteiger partial charge in [-0.2, -0.15) is 0 Å². The van der Waals surface area contributed by atoms with Crippen molar-refractivity contribution in [3.05, 3.63) is 59.9 Å². The molecule has 22 heavy (non-hydrogen) atoms. The van der Waals surface area contributed by atoms with E-state index in [1.165, 1.54) is 5.56 Å². The third kappa shape index (κ3) is 2.48. The van der Waals surface area contributed by atoms with Crippen molar-refractivity contribution in [3.63, 3.8) is 0 Å². The van der Waals surface area contributed by atoms with Gasteiger partial charge in [0.15, 0.2) is 0 Å². The maximum Gasteiger partial charge on any atom is 0.122 e. The van der Waals surface area contributed by atoms with Gasteiger partial charge >= 0.3 is 0 Å². The Labute approximate surface area is 130 Å². The standard InChI is InChI=1S/C18H20N4/c1-18(2,3)13-5-7-14(8-6-13)22-11-21-15-10-12(17(19)20)4-9-16(15)22/h4-11H,1-3H3,(H3,19,20). The molecule has 0 spiro atoms. The number of imidazole rings is 1. The van der Waals surface area contributed by atoms with Crippen molar-refractivity contribution in [2.45, 2.75) is 26.2 Å². The van der Waals surface area contributed by atoms with E-state index in [0.29, 0.717) is 5.56 Å². The van der Waals surface area contributed by atoms with Crippen LogP contribution in [0.15, 0.2) is 48.8 Å². The molecule has 1 aromatic heterocycles. The van der Waals surface area contributed by atoms with Crippen molar-refractivity contribution in [2.24, 2.45) is 5.73 Å². The number of fused-ring (bicyclic) bond motifs is 1. The van der Waals surface area contributed by atoms with E-state index in [4.69, 9.17) is 11.1 Å². The molecule has 0 atom stereocenters. The van der Waals surface area contributed by atoms with E-state index in [9.17, 15) is 0 Å². The minimum atomic E-state index is 0.0611. The highest BCUT2D eigenvalue weighted by Crippen LogP contribution is 2.25. The maximum atomic E-state index is 7.51. The van der Waals surface area contributed by atoms with Crippen molar-refractivity contribution in [3.8, 4) is 5.69 Å². The Morgan fingerprint density at radius 3 is 2.36 bits per heavy atom. The first-order valence-electron chi connectivity index (χ1n) is 7.29. The fraction of sp³-hybridized carbons (Fsp3) is 0.222. The van der Waals surface area contributed by atoms with Gasteiger partial charge in [0.05, 0.1) is 11.0 Å². The molecule has 0 aliphatic carbocycles. The molecule has 4 nitrogen and oxygen atoms in total. The Hall–Kier alpha value is -2.62. The fourth-order valence-electron chi connectivity index (χ4n) is 2.51. The average molecular weight is 292 g/mol. The predicted molar refractivity (Wildman–Crippen MR) is 90.8 cm³/mol. The predicted octanol–water partition coefficient (Wildman–Crippen LogP) is 3.61. The van der Waals surface area contributed by atoms with Gasteiger partial charge in [0.1, 0.15) is 12.2 Å². The summed E-state index contributed by atoms with van der Waals surface area (Å²) in [5.41, 5.74) is 10.6. The van der Waals surface area contributed by atoms with E-state index in [2.05, 4.69) is 50.0 Å². The van der Waals surface area contributed by atoms with Crippen LogP contribution in [0.5, 0.6) is 0 Å². The third-order valence-electron chi connectivity index (χ3n) is 3.87. The summed E-state index contributed by atoms with van der Waals surface area (Å²) in [5, 5.41) is 7.51. The summed E-state index contributed by atoms with van der Waals surface area (Å²) in [6.07, 6.45) is 1.81. The maximum absolute atomic E-state index is 7.51. The van der Waals surface area contributed by atoms with Gasteiger partial charge in [0, 0.05) is 11.3 Å². The summed E-state index contributed by atoms with van der Waals surface area (Å²) in [5.74, 6) is 0.0611. The molecule has 112 valence electrons. The molecule has 0 aliphatic rings. The van der Waals surface area contributed by atoms with E-state index in [1.807, 2.05) is 22.8 Å². The molecule has 2 aromatic carbocycles. The van der Waals surface area contributed by atoms with E-state index < -0.39 is 0 Å². The van der Waals surface area contributed by atoms with Crippen LogP contribution in [0.2, 0.25) is 0 Å².